The number of rotatable bonds is 7. The summed E-state index contributed by atoms with van der Waals surface area (Å²) in [6.07, 6.45) is 8.56. The number of carbonyl (C=O) groups excluding carboxylic acids is 1. The highest BCUT2D eigenvalue weighted by atomic mass is 32.2. The lowest BCUT2D eigenvalue weighted by atomic mass is 9.79. The van der Waals surface area contributed by atoms with Crippen molar-refractivity contribution in [3.05, 3.63) is 35.9 Å². The van der Waals surface area contributed by atoms with E-state index in [1.165, 1.54) is 19.3 Å². The van der Waals surface area contributed by atoms with Crippen LogP contribution in [-0.2, 0) is 21.2 Å². The van der Waals surface area contributed by atoms with Crippen LogP contribution in [0.15, 0.2) is 30.3 Å². The van der Waals surface area contributed by atoms with E-state index in [-0.39, 0.29) is 29.4 Å². The molecular weight excluding hydrogens is 358 g/mol. The molecule has 4 nitrogen and oxygen atoms in total. The lowest BCUT2D eigenvalue weighted by molar-refractivity contribution is -0.139. The van der Waals surface area contributed by atoms with Gasteiger partial charge in [0.25, 0.3) is 0 Å². The predicted molar refractivity (Wildman–Crippen MR) is 109 cm³/mol. The van der Waals surface area contributed by atoms with Gasteiger partial charge in [0.15, 0.2) is 9.84 Å². The van der Waals surface area contributed by atoms with E-state index in [1.54, 1.807) is 0 Å². The Kier molecular flexibility index (Phi) is 6.96. The number of nitrogens with zero attached hydrogens (tertiary/aromatic N) is 1. The van der Waals surface area contributed by atoms with Gasteiger partial charge >= 0.3 is 0 Å². The lowest BCUT2D eigenvalue weighted by Crippen LogP contribution is -2.44. The van der Waals surface area contributed by atoms with Gasteiger partial charge in [0, 0.05) is 18.5 Å². The summed E-state index contributed by atoms with van der Waals surface area (Å²) in [5.74, 6) is 1.34. The molecule has 1 amide bonds. The molecule has 3 rings (SSSR count). The molecule has 0 radical (unpaired) electrons. The first kappa shape index (κ1) is 20.4. The van der Waals surface area contributed by atoms with Crippen molar-refractivity contribution < 1.29 is 13.2 Å². The molecule has 0 N–H and O–H groups in total. The van der Waals surface area contributed by atoms with E-state index in [9.17, 15) is 13.2 Å². The molecule has 0 aromatic heterocycles. The van der Waals surface area contributed by atoms with Gasteiger partial charge in [-0.15, -0.1) is 0 Å². The van der Waals surface area contributed by atoms with Crippen LogP contribution in [-0.4, -0.2) is 36.8 Å². The fourth-order valence-electron chi connectivity index (χ4n) is 4.61. The van der Waals surface area contributed by atoms with E-state index in [0.717, 1.165) is 37.2 Å². The van der Waals surface area contributed by atoms with Gasteiger partial charge in [-0.2, -0.15) is 0 Å². The summed E-state index contributed by atoms with van der Waals surface area (Å²) < 4.78 is 24.0. The summed E-state index contributed by atoms with van der Waals surface area (Å²) in [6, 6.07) is 9.79. The van der Waals surface area contributed by atoms with Crippen molar-refractivity contribution in [2.75, 3.05) is 11.5 Å². The Bertz CT molecular complexity index is 708. The van der Waals surface area contributed by atoms with Crippen LogP contribution < -0.4 is 0 Å². The molecule has 0 unspecified atom stereocenters. The number of benzene rings is 1. The average Bonchev–Trinajstić information content (AvgIpc) is 3.04. The number of amides is 1. The van der Waals surface area contributed by atoms with Crippen LogP contribution in [0.4, 0.5) is 0 Å². The molecule has 0 spiro atoms. The van der Waals surface area contributed by atoms with Crippen LogP contribution in [0.1, 0.15) is 63.9 Å². The zero-order chi connectivity index (χ0) is 19.3. The Morgan fingerprint density at radius 2 is 1.78 bits per heavy atom. The molecule has 2 fully saturated rings. The Labute approximate surface area is 164 Å². The summed E-state index contributed by atoms with van der Waals surface area (Å²) in [6.45, 7) is 2.75. The minimum absolute atomic E-state index is 0.0647. The van der Waals surface area contributed by atoms with Gasteiger partial charge in [-0.05, 0) is 43.6 Å². The quantitative estimate of drug-likeness (QED) is 0.700. The Balaban J connectivity index is 1.68. The van der Waals surface area contributed by atoms with Gasteiger partial charge < -0.3 is 4.90 Å². The maximum absolute atomic E-state index is 13.4. The standard InChI is InChI=1S/C22H33NO3S/c1-2-3-7-18-10-12-20(13-11-18)22(24)23(16-19-8-5-4-6-9-19)21-14-15-27(25,26)17-21/h4-6,8-9,18,20-21H,2-3,7,10-17H2,1H3/t18?,20?,21-/m1/s1. The van der Waals surface area contributed by atoms with Crippen molar-refractivity contribution in [2.45, 2.75) is 70.9 Å². The van der Waals surface area contributed by atoms with Crippen molar-refractivity contribution in [1.82, 2.24) is 4.90 Å². The van der Waals surface area contributed by atoms with Crippen molar-refractivity contribution in [3.63, 3.8) is 0 Å². The van der Waals surface area contributed by atoms with Crippen molar-refractivity contribution >= 4 is 15.7 Å². The predicted octanol–water partition coefficient (Wildman–Crippen LogP) is 4.20. The molecule has 0 bridgehead atoms. The third-order valence-electron chi connectivity index (χ3n) is 6.29. The highest BCUT2D eigenvalue weighted by Gasteiger charge is 2.37. The summed E-state index contributed by atoms with van der Waals surface area (Å²) in [5.41, 5.74) is 1.08. The van der Waals surface area contributed by atoms with E-state index < -0.39 is 9.84 Å². The summed E-state index contributed by atoms with van der Waals surface area (Å²) >= 11 is 0. The Morgan fingerprint density at radius 3 is 2.37 bits per heavy atom. The van der Waals surface area contributed by atoms with Crippen LogP contribution in [0, 0.1) is 11.8 Å². The van der Waals surface area contributed by atoms with Gasteiger partial charge in [-0.3, -0.25) is 4.79 Å². The fourth-order valence-corrected chi connectivity index (χ4v) is 6.34. The van der Waals surface area contributed by atoms with Crippen molar-refractivity contribution in [1.29, 1.82) is 0 Å². The Morgan fingerprint density at radius 1 is 1.07 bits per heavy atom. The fraction of sp³-hybridized carbons (Fsp3) is 0.682. The molecule has 5 heteroatoms. The third kappa shape index (κ3) is 5.56. The number of unbranched alkanes of at least 4 members (excludes halogenated alkanes) is 1. The first-order chi connectivity index (χ1) is 13.0. The Hall–Kier alpha value is -1.36. The summed E-state index contributed by atoms with van der Waals surface area (Å²) in [4.78, 5) is 15.2. The molecule has 1 aromatic rings. The zero-order valence-electron chi connectivity index (χ0n) is 16.5. The normalized spacial score (nSPS) is 27.4. The minimum atomic E-state index is -3.01. The molecule has 1 aromatic carbocycles. The molecule has 1 aliphatic carbocycles. The van der Waals surface area contributed by atoms with Gasteiger partial charge in [-0.1, -0.05) is 56.5 Å². The number of hydrogen-bond donors (Lipinski definition) is 0. The van der Waals surface area contributed by atoms with Gasteiger partial charge in [0.05, 0.1) is 11.5 Å². The molecule has 27 heavy (non-hydrogen) atoms. The number of carbonyl (C=O) groups is 1. The largest absolute Gasteiger partial charge is 0.334 e. The smallest absolute Gasteiger partial charge is 0.226 e. The molecular formula is C22H33NO3S. The number of hydrogen-bond acceptors (Lipinski definition) is 3. The second kappa shape index (κ2) is 9.22. The maximum Gasteiger partial charge on any atom is 0.226 e. The highest BCUT2D eigenvalue weighted by molar-refractivity contribution is 7.91. The molecule has 1 saturated carbocycles. The van der Waals surface area contributed by atoms with E-state index in [1.807, 2.05) is 35.2 Å². The molecule has 150 valence electrons. The molecule has 1 heterocycles. The summed E-state index contributed by atoms with van der Waals surface area (Å²) in [5, 5.41) is 0. The maximum atomic E-state index is 13.4. The molecule has 1 aliphatic heterocycles. The average molecular weight is 392 g/mol. The number of sulfone groups is 1. The van der Waals surface area contributed by atoms with Crippen LogP contribution in [0.2, 0.25) is 0 Å². The van der Waals surface area contributed by atoms with Crippen LogP contribution in [0.25, 0.3) is 0 Å². The van der Waals surface area contributed by atoms with Gasteiger partial charge in [-0.25, -0.2) is 8.42 Å². The SMILES string of the molecule is CCCCC1CCC(C(=O)N(Cc2ccccc2)[C@@H]2CCS(=O)(=O)C2)CC1. The third-order valence-corrected chi connectivity index (χ3v) is 8.04. The van der Waals surface area contributed by atoms with Crippen LogP contribution in [0.3, 0.4) is 0 Å². The zero-order valence-corrected chi connectivity index (χ0v) is 17.3. The van der Waals surface area contributed by atoms with Crippen molar-refractivity contribution in [3.8, 4) is 0 Å². The summed E-state index contributed by atoms with van der Waals surface area (Å²) in [7, 11) is -3.01. The second-order valence-corrected chi connectivity index (χ2v) is 10.6. The molecule has 1 atom stereocenters. The van der Waals surface area contributed by atoms with E-state index in [0.29, 0.717) is 13.0 Å². The van der Waals surface area contributed by atoms with Gasteiger partial charge in [0.2, 0.25) is 5.91 Å². The van der Waals surface area contributed by atoms with E-state index in [4.69, 9.17) is 0 Å². The van der Waals surface area contributed by atoms with Crippen LogP contribution >= 0.6 is 0 Å². The topological polar surface area (TPSA) is 54.5 Å². The second-order valence-electron chi connectivity index (χ2n) is 8.37. The first-order valence-corrected chi connectivity index (χ1v) is 12.4. The van der Waals surface area contributed by atoms with Gasteiger partial charge in [0.1, 0.15) is 0 Å². The first-order valence-electron chi connectivity index (χ1n) is 10.5. The molecule has 2 aliphatic rings. The monoisotopic (exact) mass is 391 g/mol. The minimum Gasteiger partial charge on any atom is -0.334 e. The van der Waals surface area contributed by atoms with E-state index in [2.05, 4.69) is 6.92 Å². The van der Waals surface area contributed by atoms with Crippen LogP contribution in [0.5, 0.6) is 0 Å². The van der Waals surface area contributed by atoms with E-state index >= 15 is 0 Å². The van der Waals surface area contributed by atoms with Crippen molar-refractivity contribution in [2.24, 2.45) is 11.8 Å². The molecule has 1 saturated heterocycles. The highest BCUT2D eigenvalue weighted by Crippen LogP contribution is 2.34. The lowest BCUT2D eigenvalue weighted by Gasteiger charge is -2.35.